The maximum absolute atomic E-state index is 5.64. The quantitative estimate of drug-likeness (QED) is 0.734. The van der Waals surface area contributed by atoms with Gasteiger partial charge in [-0.15, -0.1) is 0 Å². The molecule has 0 spiro atoms. The van der Waals surface area contributed by atoms with Gasteiger partial charge in [0.05, 0.1) is 12.7 Å². The third kappa shape index (κ3) is 6.73. The molecule has 0 saturated carbocycles. The zero-order chi connectivity index (χ0) is 14.3. The first-order valence-corrected chi connectivity index (χ1v) is 8.00. The summed E-state index contributed by atoms with van der Waals surface area (Å²) in [4.78, 5) is 2.58. The molecule has 1 heterocycles. The summed E-state index contributed by atoms with van der Waals surface area (Å²) in [6.07, 6.45) is 2.95. The Hall–Kier alpha value is -0.120. The largest absolute Gasteiger partial charge is 0.376 e. The molecule has 0 radical (unpaired) electrons. The van der Waals surface area contributed by atoms with Crippen LogP contribution in [0.1, 0.15) is 47.5 Å². The Kier molecular flexibility index (Phi) is 7.33. The maximum Gasteiger partial charge on any atom is 0.0674 e. The summed E-state index contributed by atoms with van der Waals surface area (Å²) in [6.45, 7) is 18.0. The third-order valence-corrected chi connectivity index (χ3v) is 3.89. The lowest BCUT2D eigenvalue weighted by Crippen LogP contribution is -2.48. The first-order valence-electron chi connectivity index (χ1n) is 8.00. The number of nitrogens with zero attached hydrogens (tertiary/aromatic N) is 1. The van der Waals surface area contributed by atoms with Crippen LogP contribution < -0.4 is 5.32 Å². The molecule has 0 aromatic carbocycles. The molecule has 0 bridgehead atoms. The normalized spacial score (nSPS) is 24.6. The van der Waals surface area contributed by atoms with E-state index in [1.807, 2.05) is 0 Å². The van der Waals surface area contributed by atoms with Gasteiger partial charge in [0.25, 0.3) is 0 Å². The number of hydrogen-bond acceptors (Lipinski definition) is 3. The van der Waals surface area contributed by atoms with Crippen LogP contribution in [0.5, 0.6) is 0 Å². The Morgan fingerprint density at radius 2 is 2.16 bits per heavy atom. The molecule has 0 amide bonds. The predicted molar refractivity (Wildman–Crippen MR) is 82.6 cm³/mol. The van der Waals surface area contributed by atoms with Crippen molar-refractivity contribution in [3.63, 3.8) is 0 Å². The van der Waals surface area contributed by atoms with Crippen LogP contribution in [0.2, 0.25) is 0 Å². The second kappa shape index (κ2) is 8.23. The zero-order valence-corrected chi connectivity index (χ0v) is 13.7. The van der Waals surface area contributed by atoms with E-state index in [4.69, 9.17) is 4.74 Å². The molecular weight excluding hydrogens is 236 g/mol. The highest BCUT2D eigenvalue weighted by Crippen LogP contribution is 2.25. The molecule has 2 unspecified atom stereocenters. The number of ether oxygens (including phenoxy) is 1. The van der Waals surface area contributed by atoms with Gasteiger partial charge in [-0.1, -0.05) is 34.1 Å². The van der Waals surface area contributed by atoms with E-state index >= 15 is 0 Å². The smallest absolute Gasteiger partial charge is 0.0674 e. The minimum absolute atomic E-state index is 0.390. The van der Waals surface area contributed by atoms with E-state index in [1.165, 1.54) is 19.4 Å². The molecule has 0 aliphatic carbocycles. The molecule has 1 N–H and O–H groups in total. The Morgan fingerprint density at radius 1 is 1.42 bits per heavy atom. The second-order valence-corrected chi connectivity index (χ2v) is 7.00. The van der Waals surface area contributed by atoms with Crippen molar-refractivity contribution in [2.75, 3.05) is 39.3 Å². The zero-order valence-electron chi connectivity index (χ0n) is 13.7. The van der Waals surface area contributed by atoms with Gasteiger partial charge in [0.2, 0.25) is 0 Å². The lowest BCUT2D eigenvalue weighted by atomic mass is 9.84. The van der Waals surface area contributed by atoms with Crippen LogP contribution in [0.4, 0.5) is 0 Å². The first kappa shape index (κ1) is 16.9. The minimum Gasteiger partial charge on any atom is -0.376 e. The van der Waals surface area contributed by atoms with E-state index in [9.17, 15) is 0 Å². The van der Waals surface area contributed by atoms with Crippen molar-refractivity contribution in [2.45, 2.75) is 53.6 Å². The fourth-order valence-corrected chi connectivity index (χ4v) is 3.06. The molecule has 1 aliphatic rings. The topological polar surface area (TPSA) is 24.5 Å². The minimum atomic E-state index is 0.390. The highest BCUT2D eigenvalue weighted by Gasteiger charge is 2.28. The van der Waals surface area contributed by atoms with Gasteiger partial charge in [0.15, 0.2) is 0 Å². The van der Waals surface area contributed by atoms with Crippen LogP contribution in [0, 0.1) is 11.3 Å². The van der Waals surface area contributed by atoms with E-state index in [2.05, 4.69) is 44.8 Å². The van der Waals surface area contributed by atoms with Crippen LogP contribution in [0.25, 0.3) is 0 Å². The fourth-order valence-electron chi connectivity index (χ4n) is 3.06. The first-order chi connectivity index (χ1) is 8.95. The maximum atomic E-state index is 5.64. The lowest BCUT2D eigenvalue weighted by Gasteiger charge is -2.39. The number of hydrogen-bond donors (Lipinski definition) is 1. The SMILES string of the molecule is CCCC(C)(CNCC(C)C)CN1CCOC(C)C1. The molecule has 19 heavy (non-hydrogen) atoms. The molecule has 0 aromatic rings. The van der Waals surface area contributed by atoms with Crippen molar-refractivity contribution in [3.8, 4) is 0 Å². The van der Waals surface area contributed by atoms with Crippen LogP contribution >= 0.6 is 0 Å². The second-order valence-electron chi connectivity index (χ2n) is 7.00. The van der Waals surface area contributed by atoms with Crippen molar-refractivity contribution in [2.24, 2.45) is 11.3 Å². The van der Waals surface area contributed by atoms with E-state index in [0.29, 0.717) is 11.5 Å². The summed E-state index contributed by atoms with van der Waals surface area (Å²) in [5, 5.41) is 3.65. The molecular formula is C16H34N2O. The molecule has 0 aromatic heterocycles. The molecule has 1 saturated heterocycles. The van der Waals surface area contributed by atoms with Crippen LogP contribution in [0.15, 0.2) is 0 Å². The summed E-state index contributed by atoms with van der Waals surface area (Å²) in [6, 6.07) is 0. The van der Waals surface area contributed by atoms with E-state index in [0.717, 1.165) is 38.7 Å². The summed E-state index contributed by atoms with van der Waals surface area (Å²) in [7, 11) is 0. The molecule has 114 valence electrons. The number of nitrogens with one attached hydrogen (secondary N) is 1. The molecule has 1 fully saturated rings. The number of morpholine rings is 1. The highest BCUT2D eigenvalue weighted by molar-refractivity contribution is 4.82. The Labute approximate surface area is 120 Å². The van der Waals surface area contributed by atoms with Crippen molar-refractivity contribution in [1.29, 1.82) is 0 Å². The summed E-state index contributed by atoms with van der Waals surface area (Å²) in [5.41, 5.74) is 0.390. The molecule has 2 atom stereocenters. The van der Waals surface area contributed by atoms with Gasteiger partial charge >= 0.3 is 0 Å². The molecule has 3 heteroatoms. The van der Waals surface area contributed by atoms with Crippen molar-refractivity contribution >= 4 is 0 Å². The van der Waals surface area contributed by atoms with Crippen LogP contribution in [-0.4, -0.2) is 50.3 Å². The van der Waals surface area contributed by atoms with Gasteiger partial charge in [-0.05, 0) is 31.2 Å². The Bertz CT molecular complexity index is 245. The van der Waals surface area contributed by atoms with Crippen LogP contribution in [0.3, 0.4) is 0 Å². The van der Waals surface area contributed by atoms with Crippen LogP contribution in [-0.2, 0) is 4.74 Å². The van der Waals surface area contributed by atoms with Gasteiger partial charge in [-0.2, -0.15) is 0 Å². The highest BCUT2D eigenvalue weighted by atomic mass is 16.5. The predicted octanol–water partition coefficient (Wildman–Crippen LogP) is 2.76. The lowest BCUT2D eigenvalue weighted by molar-refractivity contribution is -0.0315. The standard InChI is InChI=1S/C16H34N2O/c1-6-7-16(5,12-17-10-14(2)3)13-18-8-9-19-15(4)11-18/h14-15,17H,6-13H2,1-5H3. The Morgan fingerprint density at radius 3 is 2.74 bits per heavy atom. The van der Waals surface area contributed by atoms with Gasteiger partial charge in [0.1, 0.15) is 0 Å². The van der Waals surface area contributed by atoms with Gasteiger partial charge in [0, 0.05) is 26.2 Å². The third-order valence-electron chi connectivity index (χ3n) is 3.89. The van der Waals surface area contributed by atoms with Crippen molar-refractivity contribution < 1.29 is 4.74 Å². The monoisotopic (exact) mass is 270 g/mol. The number of rotatable bonds is 8. The van der Waals surface area contributed by atoms with Gasteiger partial charge in [-0.25, -0.2) is 0 Å². The average molecular weight is 270 g/mol. The molecule has 3 nitrogen and oxygen atoms in total. The Balaban J connectivity index is 2.44. The summed E-state index contributed by atoms with van der Waals surface area (Å²) in [5.74, 6) is 0.731. The van der Waals surface area contributed by atoms with Crippen molar-refractivity contribution in [3.05, 3.63) is 0 Å². The van der Waals surface area contributed by atoms with E-state index in [-0.39, 0.29) is 0 Å². The molecule has 1 rings (SSSR count). The fraction of sp³-hybridized carbons (Fsp3) is 1.00. The van der Waals surface area contributed by atoms with E-state index < -0.39 is 0 Å². The van der Waals surface area contributed by atoms with Crippen molar-refractivity contribution in [1.82, 2.24) is 10.2 Å². The average Bonchev–Trinajstić information content (AvgIpc) is 2.28. The van der Waals surface area contributed by atoms with Gasteiger partial charge in [-0.3, -0.25) is 4.90 Å². The van der Waals surface area contributed by atoms with Gasteiger partial charge < -0.3 is 10.1 Å². The summed E-state index contributed by atoms with van der Waals surface area (Å²) < 4.78 is 5.64. The molecule has 1 aliphatic heterocycles. The summed E-state index contributed by atoms with van der Waals surface area (Å²) >= 11 is 0. The van der Waals surface area contributed by atoms with E-state index in [1.54, 1.807) is 0 Å².